The second kappa shape index (κ2) is 15.6. The molecular formula is C60H42S8+2. The van der Waals surface area contributed by atoms with E-state index < -0.39 is 0 Å². The van der Waals surface area contributed by atoms with Gasteiger partial charge in [-0.2, -0.15) is 0 Å². The lowest BCUT2D eigenvalue weighted by atomic mass is 9.60. The Morgan fingerprint density at radius 2 is 0.515 bits per heavy atom. The topological polar surface area (TPSA) is 0 Å². The molecule has 10 aromatic rings. The van der Waals surface area contributed by atoms with Crippen molar-refractivity contribution in [3.63, 3.8) is 0 Å². The summed E-state index contributed by atoms with van der Waals surface area (Å²) in [5.41, 5.74) is 23.7. The van der Waals surface area contributed by atoms with Crippen molar-refractivity contribution in [2.75, 3.05) is 25.0 Å². The fraction of sp³-hybridized carbons (Fsp3) is 0.167. The molecule has 68 heavy (non-hydrogen) atoms. The molecule has 0 aliphatic heterocycles. The standard InChI is InChI=1S/C60H42S8/c1-61-57-58(62-2)66-55(65-57)53-45-25-29-21-41-43(51-37-17-9-5-13-33(37)49(41)34-14-6-10-18-38(34)51)23-31(29)27-47(45)54(56-67-59(63-3)60(64-4)68-56)48-28-32-24-44-42(22-30(32)26-46(48)53)50-35-15-7-11-19-39(35)52(44)40-20-12-8-16-36(40)50/h5-28,49-54H,1-4H3/q+2. The van der Waals surface area contributed by atoms with Crippen LogP contribution in [0.4, 0.5) is 0 Å². The smallest absolute Gasteiger partial charge is 0.0908 e. The van der Waals surface area contributed by atoms with Crippen molar-refractivity contribution in [2.45, 2.75) is 52.3 Å². The molecule has 0 atom stereocenters. The van der Waals surface area contributed by atoms with Gasteiger partial charge in [0.15, 0.2) is 0 Å². The van der Waals surface area contributed by atoms with Crippen LogP contribution in [0.2, 0.25) is 0 Å². The van der Waals surface area contributed by atoms with E-state index in [1.54, 1.807) is 0 Å². The van der Waals surface area contributed by atoms with Crippen LogP contribution in [0.25, 0.3) is 21.5 Å². The Kier molecular flexibility index (Phi) is 9.56. The Bertz CT molecular complexity index is 3240. The van der Waals surface area contributed by atoms with Crippen molar-refractivity contribution in [1.82, 2.24) is 0 Å². The molecule has 4 bridgehead atoms. The van der Waals surface area contributed by atoms with E-state index in [1.807, 2.05) is 92.4 Å². The molecule has 7 aliphatic rings. The van der Waals surface area contributed by atoms with Gasteiger partial charge in [0, 0.05) is 23.7 Å². The van der Waals surface area contributed by atoms with E-state index in [-0.39, 0.29) is 35.5 Å². The van der Waals surface area contributed by atoms with Crippen LogP contribution >= 0.6 is 92.4 Å². The maximum absolute atomic E-state index is 2.66. The van der Waals surface area contributed by atoms with Crippen molar-refractivity contribution in [3.8, 4) is 0 Å². The molecule has 0 nitrogen and oxygen atoms in total. The van der Waals surface area contributed by atoms with Gasteiger partial charge >= 0.3 is 0 Å². The lowest BCUT2D eigenvalue weighted by molar-refractivity contribution is 0.756. The molecular weight excluding hydrogens is 977 g/mol. The van der Waals surface area contributed by atoms with Crippen LogP contribution in [-0.2, 0) is 0 Å². The fourth-order valence-corrected chi connectivity index (χ4v) is 23.7. The van der Waals surface area contributed by atoms with Crippen LogP contribution in [-0.4, -0.2) is 25.0 Å². The van der Waals surface area contributed by atoms with E-state index in [2.05, 4.69) is 171 Å². The normalized spacial score (nSPS) is 20.6. The molecule has 2 aromatic heterocycles. The first-order valence-corrected chi connectivity index (χ1v) is 31.4. The number of rotatable bonds is 6. The summed E-state index contributed by atoms with van der Waals surface area (Å²) < 4.78 is 8.71. The highest BCUT2D eigenvalue weighted by atomic mass is 32.2. The van der Waals surface area contributed by atoms with Crippen LogP contribution in [0, 0.1) is 0 Å². The van der Waals surface area contributed by atoms with E-state index in [0.717, 1.165) is 0 Å². The van der Waals surface area contributed by atoms with Gasteiger partial charge in [-0.25, -0.2) is 0 Å². The molecule has 0 fully saturated rings. The van der Waals surface area contributed by atoms with E-state index in [4.69, 9.17) is 0 Å². The average Bonchev–Trinajstić information content (AvgIpc) is 4.01. The first kappa shape index (κ1) is 41.6. The minimum atomic E-state index is 0.125. The van der Waals surface area contributed by atoms with Gasteiger partial charge in [-0.05, 0) is 184 Å². The van der Waals surface area contributed by atoms with Gasteiger partial charge in [-0.15, -0.1) is 0 Å². The van der Waals surface area contributed by atoms with Crippen LogP contribution < -0.4 is 0 Å². The molecule has 0 saturated heterocycles. The highest BCUT2D eigenvalue weighted by Crippen LogP contribution is 2.61. The molecule has 2 heterocycles. The molecule has 7 aliphatic carbocycles. The summed E-state index contributed by atoms with van der Waals surface area (Å²) >= 11 is 15.8. The zero-order valence-corrected chi connectivity index (χ0v) is 44.1. The molecule has 328 valence electrons. The highest BCUT2D eigenvalue weighted by molar-refractivity contribution is 8.04. The van der Waals surface area contributed by atoms with Crippen LogP contribution in [0.15, 0.2) is 162 Å². The molecule has 0 amide bonds. The largest absolute Gasteiger partial charge is 0.268 e. The highest BCUT2D eigenvalue weighted by Gasteiger charge is 2.47. The lowest BCUT2D eigenvalue weighted by Crippen LogP contribution is -2.27. The monoisotopic (exact) mass is 1020 g/mol. The van der Waals surface area contributed by atoms with E-state index in [1.165, 1.54) is 136 Å². The van der Waals surface area contributed by atoms with E-state index in [9.17, 15) is 0 Å². The van der Waals surface area contributed by atoms with Gasteiger partial charge in [0.25, 0.3) is 8.38 Å². The molecule has 0 unspecified atom stereocenters. The van der Waals surface area contributed by atoms with E-state index >= 15 is 0 Å². The Balaban J connectivity index is 1.01. The first-order chi connectivity index (χ1) is 33.5. The van der Waals surface area contributed by atoms with Gasteiger partial charge in [0.2, 0.25) is 16.8 Å². The third-order valence-electron chi connectivity index (χ3n) is 15.8. The summed E-state index contributed by atoms with van der Waals surface area (Å²) in [4.78, 5) is 0. The van der Waals surface area contributed by atoms with Crippen molar-refractivity contribution < 1.29 is 0 Å². The number of fused-ring (bicyclic) bond motifs is 4. The lowest BCUT2D eigenvalue weighted by Gasteiger charge is -2.42. The molecule has 0 saturated carbocycles. The average molecular weight is 1020 g/mol. The van der Waals surface area contributed by atoms with Crippen molar-refractivity contribution in [1.29, 1.82) is 0 Å². The van der Waals surface area contributed by atoms with Gasteiger partial charge in [0.1, 0.15) is 0 Å². The first-order valence-electron chi connectivity index (χ1n) is 23.2. The second-order valence-electron chi connectivity index (χ2n) is 18.7. The number of hydrogen-bond acceptors (Lipinski definition) is 6. The third kappa shape index (κ3) is 5.72. The maximum Gasteiger partial charge on any atom is 0.268 e. The zero-order chi connectivity index (χ0) is 45.1. The molecule has 17 rings (SSSR count). The quantitative estimate of drug-likeness (QED) is 0.120. The summed E-state index contributed by atoms with van der Waals surface area (Å²) in [5, 5.41) is 5.45. The minimum absolute atomic E-state index is 0.125. The molecule has 0 spiro atoms. The molecule has 8 aromatic carbocycles. The summed E-state index contributed by atoms with van der Waals surface area (Å²) in [6, 6.07) is 58.1. The van der Waals surface area contributed by atoms with Gasteiger partial charge in [0.05, 0.1) is 57.2 Å². The third-order valence-corrected chi connectivity index (χ3v) is 26.4. The Labute approximate surface area is 430 Å². The second-order valence-corrected chi connectivity index (χ2v) is 27.8. The van der Waals surface area contributed by atoms with Crippen LogP contribution in [0.1, 0.15) is 133 Å². The molecule has 0 N–H and O–H groups in total. The van der Waals surface area contributed by atoms with Gasteiger partial charge < -0.3 is 0 Å². The summed E-state index contributed by atoms with van der Waals surface area (Å²) in [7, 11) is 0. The van der Waals surface area contributed by atoms with E-state index in [0.29, 0.717) is 0 Å². The molecule has 8 heteroatoms. The van der Waals surface area contributed by atoms with Crippen LogP contribution in [0.5, 0.6) is 0 Å². The fourth-order valence-electron chi connectivity index (χ4n) is 13.1. The SMILES string of the molecule is CSc1sc(C2c3cc4cc5c(cc4cc3C(c3sc(SC)c(SC)[s+]3)c3cc4cc6c(cc4cc32)C2c3ccccc3C6c3ccccc32)C2c3ccccc3C5c3ccccc32)[s+]c1SC. The molecule has 0 radical (unpaired) electrons. The number of thioether (sulfide) groups is 4. The van der Waals surface area contributed by atoms with Crippen molar-refractivity contribution in [2.24, 2.45) is 0 Å². The summed E-state index contributed by atoms with van der Waals surface area (Å²) in [6.45, 7) is 0. The maximum atomic E-state index is 2.66. The predicted molar refractivity (Wildman–Crippen MR) is 300 cm³/mol. The Morgan fingerprint density at radius 3 is 0.706 bits per heavy atom. The number of hydrogen-bond donors (Lipinski definition) is 0. The van der Waals surface area contributed by atoms with Gasteiger partial charge in [-0.3, -0.25) is 0 Å². The Hall–Kier alpha value is -4.22. The Morgan fingerprint density at radius 1 is 0.294 bits per heavy atom. The van der Waals surface area contributed by atoms with Gasteiger partial charge in [-0.1, -0.05) is 144 Å². The van der Waals surface area contributed by atoms with Crippen molar-refractivity contribution in [3.05, 3.63) is 243 Å². The summed E-state index contributed by atoms with van der Waals surface area (Å²) in [6.07, 6.45) is 9.03. The van der Waals surface area contributed by atoms with Crippen LogP contribution in [0.3, 0.4) is 0 Å². The zero-order valence-electron chi connectivity index (χ0n) is 37.6. The number of benzene rings is 8. The predicted octanol–water partition coefficient (Wildman–Crippen LogP) is 18.3. The van der Waals surface area contributed by atoms with Crippen molar-refractivity contribution >= 4 is 114 Å². The minimum Gasteiger partial charge on any atom is -0.0908 e. The summed E-state index contributed by atoms with van der Waals surface area (Å²) in [5.74, 6) is 1.23.